The summed E-state index contributed by atoms with van der Waals surface area (Å²) >= 11 is 0. The summed E-state index contributed by atoms with van der Waals surface area (Å²) in [6, 6.07) is 0. The maximum absolute atomic E-state index is 10.2. The molecule has 241 valence electrons. The molecule has 41 heavy (non-hydrogen) atoms. The van der Waals surface area contributed by atoms with Gasteiger partial charge in [0, 0.05) is 11.9 Å². The maximum atomic E-state index is 10.2. The van der Waals surface area contributed by atoms with E-state index in [1.165, 1.54) is 77.0 Å². The Hall–Kier alpha value is -1.58. The molecule has 0 spiro atoms. The molecular weight excluding hydrogens is 560 g/mol. The smallest absolute Gasteiger partial charge is 0.550 e. The molecule has 0 atom stereocenters. The summed E-state index contributed by atoms with van der Waals surface area (Å²) in [7, 11) is 0. The van der Waals surface area contributed by atoms with Crippen LogP contribution in [0.5, 0.6) is 0 Å². The van der Waals surface area contributed by atoms with E-state index in [0.29, 0.717) is 0 Å². The second kappa shape index (κ2) is 40.6. The van der Waals surface area contributed by atoms with Crippen LogP contribution in [-0.4, -0.2) is 11.9 Å². The van der Waals surface area contributed by atoms with Crippen molar-refractivity contribution in [1.29, 1.82) is 0 Å². The summed E-state index contributed by atoms with van der Waals surface area (Å²) in [5.74, 6) is -1.84. The van der Waals surface area contributed by atoms with Gasteiger partial charge in [0.15, 0.2) is 0 Å². The summed E-state index contributed by atoms with van der Waals surface area (Å²) in [6.45, 7) is 4.46. The summed E-state index contributed by atoms with van der Waals surface area (Å²) in [5, 5.41) is 20.4. The monoisotopic (exact) mass is 621 g/mol. The van der Waals surface area contributed by atoms with Crippen molar-refractivity contribution in [2.45, 2.75) is 168 Å². The number of hydrogen-bond donors (Lipinski definition) is 0. The number of carbonyl (C=O) groups excluding carboxylic acids is 2. The first-order valence-electron chi connectivity index (χ1n) is 16.5. The molecule has 0 aromatic heterocycles. The Morgan fingerprint density at radius 3 is 0.976 bits per heavy atom. The van der Waals surface area contributed by atoms with Gasteiger partial charge >= 0.3 is 17.1 Å². The van der Waals surface area contributed by atoms with Crippen molar-refractivity contribution in [3.8, 4) is 0 Å². The molecule has 0 heterocycles. The van der Waals surface area contributed by atoms with E-state index < -0.39 is 11.9 Å². The van der Waals surface area contributed by atoms with E-state index in [1.54, 1.807) is 0 Å². The van der Waals surface area contributed by atoms with Gasteiger partial charge in [-0.3, -0.25) is 0 Å². The Balaban J connectivity index is -0.000000688. The first-order chi connectivity index (χ1) is 19.5. The molecule has 0 aliphatic rings. The average molecular weight is 622 g/mol. The van der Waals surface area contributed by atoms with Gasteiger partial charge in [-0.1, -0.05) is 127 Å². The van der Waals surface area contributed by atoms with Crippen molar-refractivity contribution in [2.75, 3.05) is 0 Å². The van der Waals surface area contributed by atoms with Crippen LogP contribution in [0.1, 0.15) is 168 Å². The zero-order valence-electron chi connectivity index (χ0n) is 26.5. The van der Waals surface area contributed by atoms with Gasteiger partial charge in [-0.2, -0.15) is 0 Å². The van der Waals surface area contributed by atoms with Crippen molar-refractivity contribution < 1.29 is 36.9 Å². The largest absolute Gasteiger partial charge is 2.00 e. The minimum atomic E-state index is -0.921. The molecule has 0 N–H and O–H groups in total. The van der Waals surface area contributed by atoms with E-state index in [1.807, 2.05) is 0 Å². The molecule has 1 radical (unpaired) electrons. The number of rotatable bonds is 28. The molecule has 0 saturated heterocycles. The topological polar surface area (TPSA) is 80.3 Å². The van der Waals surface area contributed by atoms with Crippen molar-refractivity contribution in [2.24, 2.45) is 0 Å². The van der Waals surface area contributed by atoms with Gasteiger partial charge in [-0.05, 0) is 89.9 Å². The summed E-state index contributed by atoms with van der Waals surface area (Å²) in [4.78, 5) is 20.4. The molecule has 0 aliphatic heterocycles. The predicted molar refractivity (Wildman–Crippen MR) is 169 cm³/mol. The third kappa shape index (κ3) is 48.5. The molecule has 0 amide bonds. The Morgan fingerprint density at radius 2 is 0.683 bits per heavy atom. The molecule has 5 heteroatoms. The van der Waals surface area contributed by atoms with Crippen LogP contribution in [0.2, 0.25) is 0 Å². The fraction of sp³-hybridized carbons (Fsp3) is 0.722. The van der Waals surface area contributed by atoms with Crippen LogP contribution in [0.3, 0.4) is 0 Å². The van der Waals surface area contributed by atoms with E-state index in [4.69, 9.17) is 0 Å². The standard InChI is InChI=1S/2C18H32O2.Cu/c2*1-2-3-4-5-6-7-8-9-10-11-12-13-14-15-16-17-18(19)20;/h2*6-7,9-10H,2-5,8,11-17H2,1H3,(H,19,20);/q;;+2/p-2/b2*7-6-,10-9-;. The Bertz CT molecular complexity index is 596. The molecule has 0 rings (SSSR count). The molecule has 0 saturated carbocycles. The SMILES string of the molecule is CCCCC/C=C\C/C=C\CCCCCCCC(=O)[O-].CCCCC/C=C\C/C=C\CCCCCCCC(=O)[O-].[Cu+2]. The van der Waals surface area contributed by atoms with Crippen LogP contribution in [0.25, 0.3) is 0 Å². The first kappa shape index (κ1) is 43.9. The Morgan fingerprint density at radius 1 is 0.415 bits per heavy atom. The van der Waals surface area contributed by atoms with E-state index in [-0.39, 0.29) is 29.9 Å². The normalized spacial score (nSPS) is 11.4. The molecule has 0 aromatic carbocycles. The molecule has 0 fully saturated rings. The van der Waals surface area contributed by atoms with Gasteiger partial charge in [0.2, 0.25) is 0 Å². The third-order valence-corrected chi connectivity index (χ3v) is 6.66. The maximum Gasteiger partial charge on any atom is 2.00 e. The van der Waals surface area contributed by atoms with Gasteiger partial charge in [-0.25, -0.2) is 0 Å². The molecule has 0 unspecified atom stereocenters. The summed E-state index contributed by atoms with van der Waals surface area (Å²) in [6.07, 6.45) is 43.9. The van der Waals surface area contributed by atoms with Gasteiger partial charge < -0.3 is 19.8 Å². The average Bonchev–Trinajstić information content (AvgIpc) is 2.93. The quantitative estimate of drug-likeness (QED) is 0.0495. The molecule has 4 nitrogen and oxygen atoms in total. The van der Waals surface area contributed by atoms with Gasteiger partial charge in [0.05, 0.1) is 0 Å². The van der Waals surface area contributed by atoms with Crippen LogP contribution in [0, 0.1) is 0 Å². The van der Waals surface area contributed by atoms with E-state index in [9.17, 15) is 19.8 Å². The zero-order valence-corrected chi connectivity index (χ0v) is 27.5. The van der Waals surface area contributed by atoms with Crippen LogP contribution < -0.4 is 10.2 Å². The number of carboxylic acids is 2. The first-order valence-corrected chi connectivity index (χ1v) is 16.5. The van der Waals surface area contributed by atoms with Crippen LogP contribution in [-0.2, 0) is 26.7 Å². The minimum absolute atomic E-state index is 0. The molecule has 0 bridgehead atoms. The Labute approximate surface area is 264 Å². The van der Waals surface area contributed by atoms with Crippen LogP contribution in [0.4, 0.5) is 0 Å². The third-order valence-electron chi connectivity index (χ3n) is 6.66. The molecule has 0 aromatic rings. The van der Waals surface area contributed by atoms with Crippen LogP contribution >= 0.6 is 0 Å². The molecular formula is C36H62CuO4. The second-order valence-electron chi connectivity index (χ2n) is 10.7. The number of unbranched alkanes of at least 4 members (excludes halogenated alkanes) is 16. The van der Waals surface area contributed by atoms with Crippen LogP contribution in [0.15, 0.2) is 48.6 Å². The van der Waals surface area contributed by atoms with Crippen molar-refractivity contribution in [3.05, 3.63) is 48.6 Å². The predicted octanol–water partition coefficient (Wildman–Crippen LogP) is 9.10. The number of carboxylic acid groups (broad SMARTS) is 2. The zero-order chi connectivity index (χ0) is 29.8. The summed E-state index contributed by atoms with van der Waals surface area (Å²) < 4.78 is 0. The fourth-order valence-corrected chi connectivity index (χ4v) is 4.16. The number of hydrogen-bond acceptors (Lipinski definition) is 4. The number of carbonyl (C=O) groups is 2. The van der Waals surface area contributed by atoms with E-state index in [2.05, 4.69) is 62.5 Å². The van der Waals surface area contributed by atoms with Gasteiger partial charge in [0.25, 0.3) is 0 Å². The second-order valence-corrected chi connectivity index (χ2v) is 10.7. The molecule has 0 aliphatic carbocycles. The minimum Gasteiger partial charge on any atom is -0.550 e. The van der Waals surface area contributed by atoms with Gasteiger partial charge in [0.1, 0.15) is 0 Å². The number of allylic oxidation sites excluding steroid dienone is 8. The Kier molecular flexibility index (Phi) is 43.4. The number of aliphatic carboxylic acids is 2. The van der Waals surface area contributed by atoms with Crippen molar-refractivity contribution >= 4 is 11.9 Å². The van der Waals surface area contributed by atoms with Gasteiger partial charge in [-0.15, -0.1) is 0 Å². The van der Waals surface area contributed by atoms with Crippen molar-refractivity contribution in [3.63, 3.8) is 0 Å². The fourth-order valence-electron chi connectivity index (χ4n) is 4.16. The van der Waals surface area contributed by atoms with E-state index >= 15 is 0 Å². The summed E-state index contributed by atoms with van der Waals surface area (Å²) in [5.41, 5.74) is 0. The van der Waals surface area contributed by atoms with E-state index in [0.717, 1.165) is 64.2 Å². The van der Waals surface area contributed by atoms with Crippen molar-refractivity contribution in [1.82, 2.24) is 0 Å².